The summed E-state index contributed by atoms with van der Waals surface area (Å²) in [6.45, 7) is 4.05. The number of nitrogens with zero attached hydrogens (tertiary/aromatic N) is 3. The highest BCUT2D eigenvalue weighted by Gasteiger charge is 2.15. The first kappa shape index (κ1) is 20.2. The van der Waals surface area contributed by atoms with E-state index in [-0.39, 0.29) is 17.3 Å². The SMILES string of the molecule is CC[C@@H](C)c1nc2ccc(Br)cc2c(=O)n1N=Cc1ccc(-c2ccc(F)cc2)o1. The predicted octanol–water partition coefficient (Wildman–Crippen LogP) is 5.95. The Labute approximate surface area is 181 Å². The van der Waals surface area contributed by atoms with E-state index < -0.39 is 0 Å². The molecule has 0 aliphatic carbocycles. The first-order valence-corrected chi connectivity index (χ1v) is 10.4. The van der Waals surface area contributed by atoms with Crippen LogP contribution in [0.1, 0.15) is 37.8 Å². The van der Waals surface area contributed by atoms with E-state index >= 15 is 0 Å². The molecule has 7 heteroatoms. The Balaban J connectivity index is 1.75. The lowest BCUT2D eigenvalue weighted by molar-refractivity contribution is 0.571. The third-order valence-electron chi connectivity index (χ3n) is 4.94. The van der Waals surface area contributed by atoms with Crippen molar-refractivity contribution < 1.29 is 8.81 Å². The maximum absolute atomic E-state index is 13.1. The molecule has 4 aromatic rings. The highest BCUT2D eigenvalue weighted by molar-refractivity contribution is 9.10. The first-order chi connectivity index (χ1) is 14.5. The molecule has 4 rings (SSSR count). The van der Waals surface area contributed by atoms with Crippen molar-refractivity contribution >= 4 is 33.0 Å². The molecule has 0 spiro atoms. The van der Waals surface area contributed by atoms with Gasteiger partial charge in [-0.1, -0.05) is 29.8 Å². The Kier molecular flexibility index (Phi) is 5.63. The van der Waals surface area contributed by atoms with E-state index in [9.17, 15) is 9.18 Å². The molecule has 0 saturated heterocycles. The van der Waals surface area contributed by atoms with Crippen LogP contribution in [-0.4, -0.2) is 15.9 Å². The van der Waals surface area contributed by atoms with Gasteiger partial charge in [0.25, 0.3) is 5.56 Å². The molecule has 0 N–H and O–H groups in total. The average Bonchev–Trinajstić information content (AvgIpc) is 3.22. The van der Waals surface area contributed by atoms with E-state index in [0.29, 0.717) is 28.2 Å². The van der Waals surface area contributed by atoms with Gasteiger partial charge in [-0.25, -0.2) is 9.37 Å². The molecule has 30 heavy (non-hydrogen) atoms. The van der Waals surface area contributed by atoms with Crippen LogP contribution in [0.15, 0.2) is 73.4 Å². The van der Waals surface area contributed by atoms with Crippen LogP contribution in [0.5, 0.6) is 0 Å². The van der Waals surface area contributed by atoms with E-state index in [4.69, 9.17) is 4.42 Å². The summed E-state index contributed by atoms with van der Waals surface area (Å²) in [6, 6.07) is 15.0. The molecule has 0 radical (unpaired) electrons. The van der Waals surface area contributed by atoms with Crippen LogP contribution in [0, 0.1) is 5.82 Å². The molecule has 0 aliphatic rings. The number of hydrogen-bond donors (Lipinski definition) is 0. The van der Waals surface area contributed by atoms with Crippen LogP contribution in [0.4, 0.5) is 4.39 Å². The second-order valence-corrected chi connectivity index (χ2v) is 7.93. The zero-order valence-corrected chi connectivity index (χ0v) is 18.1. The molecule has 152 valence electrons. The van der Waals surface area contributed by atoms with Gasteiger partial charge >= 0.3 is 0 Å². The van der Waals surface area contributed by atoms with E-state index in [1.165, 1.54) is 23.0 Å². The Morgan fingerprint density at radius 1 is 1.20 bits per heavy atom. The van der Waals surface area contributed by atoms with Crippen molar-refractivity contribution in [2.45, 2.75) is 26.2 Å². The van der Waals surface area contributed by atoms with Crippen LogP contribution in [-0.2, 0) is 0 Å². The molecular weight excluding hydrogens is 449 g/mol. The molecule has 0 saturated carbocycles. The van der Waals surface area contributed by atoms with E-state index in [1.807, 2.05) is 26.0 Å². The fourth-order valence-electron chi connectivity index (χ4n) is 3.09. The largest absolute Gasteiger partial charge is 0.455 e. The van der Waals surface area contributed by atoms with Gasteiger partial charge in [0.05, 0.1) is 17.1 Å². The number of benzene rings is 2. The minimum atomic E-state index is -0.306. The number of hydrogen-bond acceptors (Lipinski definition) is 4. The van der Waals surface area contributed by atoms with E-state index in [0.717, 1.165) is 16.5 Å². The Morgan fingerprint density at radius 2 is 1.97 bits per heavy atom. The summed E-state index contributed by atoms with van der Waals surface area (Å²) in [5.41, 5.74) is 1.16. The summed E-state index contributed by atoms with van der Waals surface area (Å²) in [5.74, 6) is 1.41. The van der Waals surface area contributed by atoms with Gasteiger partial charge in [-0.15, -0.1) is 0 Å². The third-order valence-corrected chi connectivity index (χ3v) is 5.44. The van der Waals surface area contributed by atoms with Gasteiger partial charge in [0.1, 0.15) is 23.2 Å². The van der Waals surface area contributed by atoms with Crippen molar-refractivity contribution in [3.05, 3.63) is 86.8 Å². The van der Waals surface area contributed by atoms with Crippen LogP contribution in [0.2, 0.25) is 0 Å². The van der Waals surface area contributed by atoms with Gasteiger partial charge in [0, 0.05) is 16.0 Å². The van der Waals surface area contributed by atoms with Crippen LogP contribution < -0.4 is 5.56 Å². The van der Waals surface area contributed by atoms with Gasteiger partial charge in [0.2, 0.25) is 0 Å². The smallest absolute Gasteiger partial charge is 0.282 e. The predicted molar refractivity (Wildman–Crippen MR) is 120 cm³/mol. The fraction of sp³-hybridized carbons (Fsp3) is 0.174. The number of rotatable bonds is 5. The number of fused-ring (bicyclic) bond motifs is 1. The molecule has 0 aliphatic heterocycles. The van der Waals surface area contributed by atoms with Gasteiger partial charge in [-0.3, -0.25) is 4.79 Å². The zero-order chi connectivity index (χ0) is 21.3. The highest BCUT2D eigenvalue weighted by atomic mass is 79.9. The molecule has 2 aromatic heterocycles. The third kappa shape index (κ3) is 3.98. The normalized spacial score (nSPS) is 12.7. The Morgan fingerprint density at radius 3 is 2.70 bits per heavy atom. The van der Waals surface area contributed by atoms with Gasteiger partial charge in [-0.05, 0) is 61.0 Å². The number of halogens is 2. The molecule has 1 atom stereocenters. The molecular formula is C23H19BrFN3O2. The number of furan rings is 1. The lowest BCUT2D eigenvalue weighted by Gasteiger charge is -2.13. The van der Waals surface area contributed by atoms with Crippen molar-refractivity contribution in [1.82, 2.24) is 9.66 Å². The summed E-state index contributed by atoms with van der Waals surface area (Å²) in [7, 11) is 0. The monoisotopic (exact) mass is 467 g/mol. The molecule has 0 unspecified atom stereocenters. The van der Waals surface area contributed by atoms with Crippen molar-refractivity contribution in [1.29, 1.82) is 0 Å². The average molecular weight is 468 g/mol. The minimum absolute atomic E-state index is 0.0503. The molecule has 5 nitrogen and oxygen atoms in total. The van der Waals surface area contributed by atoms with Crippen LogP contribution in [0.25, 0.3) is 22.2 Å². The molecule has 0 amide bonds. The molecule has 2 heterocycles. The van der Waals surface area contributed by atoms with Crippen LogP contribution in [0.3, 0.4) is 0 Å². The molecule has 0 fully saturated rings. The number of aromatic nitrogens is 2. The van der Waals surface area contributed by atoms with Crippen molar-refractivity contribution in [3.63, 3.8) is 0 Å². The second-order valence-electron chi connectivity index (χ2n) is 7.01. The van der Waals surface area contributed by atoms with E-state index in [2.05, 4.69) is 26.0 Å². The summed E-state index contributed by atoms with van der Waals surface area (Å²) in [6.07, 6.45) is 2.31. The first-order valence-electron chi connectivity index (χ1n) is 9.58. The van der Waals surface area contributed by atoms with Gasteiger partial charge < -0.3 is 4.42 Å². The van der Waals surface area contributed by atoms with Gasteiger partial charge in [-0.2, -0.15) is 9.78 Å². The highest BCUT2D eigenvalue weighted by Crippen LogP contribution is 2.23. The lowest BCUT2D eigenvalue weighted by atomic mass is 10.1. The summed E-state index contributed by atoms with van der Waals surface area (Å²) >= 11 is 3.40. The summed E-state index contributed by atoms with van der Waals surface area (Å²) in [5, 5.41) is 4.88. The quantitative estimate of drug-likeness (QED) is 0.340. The zero-order valence-electron chi connectivity index (χ0n) is 16.5. The fourth-order valence-corrected chi connectivity index (χ4v) is 3.45. The van der Waals surface area contributed by atoms with Gasteiger partial charge in [0.15, 0.2) is 0 Å². The maximum atomic E-state index is 13.1. The standard InChI is InChI=1S/C23H19BrFN3O2/c1-3-14(2)22-27-20-10-6-16(24)12-19(20)23(29)28(22)26-13-18-9-11-21(30-18)15-4-7-17(25)8-5-15/h4-14H,3H2,1-2H3/t14-/m1/s1. The maximum Gasteiger partial charge on any atom is 0.282 e. The van der Waals surface area contributed by atoms with Crippen molar-refractivity contribution in [3.8, 4) is 11.3 Å². The second kappa shape index (κ2) is 8.36. The Bertz CT molecular complexity index is 1290. The summed E-state index contributed by atoms with van der Waals surface area (Å²) in [4.78, 5) is 17.8. The van der Waals surface area contributed by atoms with Crippen LogP contribution >= 0.6 is 15.9 Å². The lowest BCUT2D eigenvalue weighted by Crippen LogP contribution is -2.23. The van der Waals surface area contributed by atoms with E-state index in [1.54, 1.807) is 30.3 Å². The van der Waals surface area contributed by atoms with Crippen molar-refractivity contribution in [2.24, 2.45) is 5.10 Å². The molecule has 2 aromatic carbocycles. The topological polar surface area (TPSA) is 60.4 Å². The summed E-state index contributed by atoms with van der Waals surface area (Å²) < 4.78 is 21.1. The molecule has 0 bridgehead atoms. The van der Waals surface area contributed by atoms with Crippen molar-refractivity contribution in [2.75, 3.05) is 0 Å². The Hall–Kier alpha value is -3.06. The minimum Gasteiger partial charge on any atom is -0.455 e.